The Bertz CT molecular complexity index is 1090. The average Bonchev–Trinajstić information content (AvgIpc) is 2.78. The molecule has 0 aliphatic heterocycles. The number of aromatic nitrogens is 2. The summed E-state index contributed by atoms with van der Waals surface area (Å²) in [6.07, 6.45) is 8.41. The van der Waals surface area contributed by atoms with Crippen molar-refractivity contribution in [3.8, 4) is 22.9 Å². The molecule has 29 heavy (non-hydrogen) atoms. The standard InChI is InChI=1S/C23H21ClN2O3/c1-28-19-11-13-20(14-12-19)29-22-21(24)15-25-26(23(22)27)18-9-7-17(8-10-18)16-5-3-2-4-6-16/h5,7-15H,2-4,6H2,1H3. The third-order valence-corrected chi connectivity index (χ3v) is 5.21. The molecule has 2 aromatic carbocycles. The van der Waals surface area contributed by atoms with Gasteiger partial charge >= 0.3 is 5.56 Å². The van der Waals surface area contributed by atoms with Crippen LogP contribution in [0.3, 0.4) is 0 Å². The summed E-state index contributed by atoms with van der Waals surface area (Å²) >= 11 is 6.19. The van der Waals surface area contributed by atoms with Gasteiger partial charge in [-0.05, 0) is 73.2 Å². The van der Waals surface area contributed by atoms with Gasteiger partial charge in [-0.15, -0.1) is 0 Å². The van der Waals surface area contributed by atoms with E-state index in [1.54, 1.807) is 31.4 Å². The van der Waals surface area contributed by atoms with Crippen LogP contribution in [0.1, 0.15) is 31.2 Å². The van der Waals surface area contributed by atoms with E-state index in [-0.39, 0.29) is 10.8 Å². The molecule has 0 amide bonds. The Morgan fingerprint density at radius 2 is 1.72 bits per heavy atom. The molecule has 1 aromatic heterocycles. The number of ether oxygens (including phenoxy) is 2. The molecule has 1 aliphatic rings. The van der Waals surface area contributed by atoms with Crippen molar-refractivity contribution in [2.24, 2.45) is 0 Å². The zero-order valence-electron chi connectivity index (χ0n) is 16.1. The van der Waals surface area contributed by atoms with E-state index in [2.05, 4.69) is 11.2 Å². The lowest BCUT2D eigenvalue weighted by Crippen LogP contribution is -2.22. The van der Waals surface area contributed by atoms with Crippen LogP contribution in [0.4, 0.5) is 0 Å². The maximum absolute atomic E-state index is 13.0. The van der Waals surface area contributed by atoms with Gasteiger partial charge in [-0.25, -0.2) is 0 Å². The normalized spacial score (nSPS) is 13.7. The SMILES string of the molecule is COc1ccc(Oc2c(Cl)cnn(-c3ccc(C4=CCCCC4)cc3)c2=O)cc1. The predicted octanol–water partition coefficient (Wildman–Crippen LogP) is 5.64. The molecule has 0 fully saturated rings. The van der Waals surface area contributed by atoms with Crippen LogP contribution in [0, 0.1) is 0 Å². The second-order valence-corrected chi connectivity index (χ2v) is 7.25. The van der Waals surface area contributed by atoms with Crippen LogP contribution >= 0.6 is 11.6 Å². The zero-order valence-corrected chi connectivity index (χ0v) is 16.9. The highest BCUT2D eigenvalue weighted by molar-refractivity contribution is 6.31. The van der Waals surface area contributed by atoms with Gasteiger partial charge in [-0.1, -0.05) is 29.8 Å². The van der Waals surface area contributed by atoms with Crippen LogP contribution in [-0.2, 0) is 0 Å². The Morgan fingerprint density at radius 3 is 2.38 bits per heavy atom. The molecular weight excluding hydrogens is 388 g/mol. The van der Waals surface area contributed by atoms with Gasteiger partial charge in [0, 0.05) is 0 Å². The maximum Gasteiger partial charge on any atom is 0.316 e. The van der Waals surface area contributed by atoms with E-state index in [0.29, 0.717) is 17.2 Å². The van der Waals surface area contributed by atoms with Crippen LogP contribution in [0.25, 0.3) is 11.3 Å². The van der Waals surface area contributed by atoms with E-state index < -0.39 is 5.56 Å². The first-order chi connectivity index (χ1) is 14.2. The van der Waals surface area contributed by atoms with E-state index in [1.165, 1.54) is 34.9 Å². The quantitative estimate of drug-likeness (QED) is 0.547. The fourth-order valence-corrected chi connectivity index (χ4v) is 3.54. The van der Waals surface area contributed by atoms with Gasteiger partial charge in [0.05, 0.1) is 19.0 Å². The molecule has 6 heteroatoms. The minimum absolute atomic E-state index is 0.0332. The monoisotopic (exact) mass is 408 g/mol. The smallest absolute Gasteiger partial charge is 0.316 e. The van der Waals surface area contributed by atoms with Gasteiger partial charge in [0.2, 0.25) is 5.75 Å². The molecule has 3 aromatic rings. The number of hydrogen-bond donors (Lipinski definition) is 0. The topological polar surface area (TPSA) is 53.4 Å². The van der Waals surface area contributed by atoms with Gasteiger partial charge < -0.3 is 9.47 Å². The maximum atomic E-state index is 13.0. The lowest BCUT2D eigenvalue weighted by molar-refractivity contribution is 0.412. The molecule has 0 saturated heterocycles. The van der Waals surface area contributed by atoms with Gasteiger partial charge in [0.25, 0.3) is 0 Å². The molecule has 5 nitrogen and oxygen atoms in total. The Hall–Kier alpha value is -3.05. The zero-order chi connectivity index (χ0) is 20.2. The van der Waals surface area contributed by atoms with E-state index >= 15 is 0 Å². The minimum Gasteiger partial charge on any atom is -0.497 e. The number of halogens is 1. The molecule has 0 N–H and O–H groups in total. The summed E-state index contributed by atoms with van der Waals surface area (Å²) in [6.45, 7) is 0. The Morgan fingerprint density at radius 1 is 1.00 bits per heavy atom. The van der Waals surface area contributed by atoms with Crippen LogP contribution in [-0.4, -0.2) is 16.9 Å². The number of allylic oxidation sites excluding steroid dienone is 2. The Balaban J connectivity index is 1.63. The van der Waals surface area contributed by atoms with Gasteiger partial charge in [0.15, 0.2) is 0 Å². The van der Waals surface area contributed by atoms with Gasteiger partial charge in [-0.2, -0.15) is 9.78 Å². The Labute approximate surface area is 174 Å². The van der Waals surface area contributed by atoms with Crippen LogP contribution in [0.5, 0.6) is 17.2 Å². The first-order valence-electron chi connectivity index (χ1n) is 9.55. The van der Waals surface area contributed by atoms with Crippen molar-refractivity contribution in [1.82, 2.24) is 9.78 Å². The molecule has 0 saturated carbocycles. The number of hydrogen-bond acceptors (Lipinski definition) is 4. The van der Waals surface area contributed by atoms with Crippen LogP contribution in [0.15, 0.2) is 65.6 Å². The highest BCUT2D eigenvalue weighted by atomic mass is 35.5. The number of methoxy groups -OCH3 is 1. The third-order valence-electron chi connectivity index (χ3n) is 4.94. The first-order valence-corrected chi connectivity index (χ1v) is 9.93. The molecule has 0 unspecified atom stereocenters. The van der Waals surface area contributed by atoms with Crippen molar-refractivity contribution < 1.29 is 9.47 Å². The summed E-state index contributed by atoms with van der Waals surface area (Å²) in [5.41, 5.74) is 2.79. The van der Waals surface area contributed by atoms with Crippen LogP contribution in [0.2, 0.25) is 5.02 Å². The summed E-state index contributed by atoms with van der Waals surface area (Å²) in [5.74, 6) is 1.22. The highest BCUT2D eigenvalue weighted by Gasteiger charge is 2.14. The van der Waals surface area contributed by atoms with E-state index in [9.17, 15) is 4.79 Å². The molecule has 1 aliphatic carbocycles. The van der Waals surface area contributed by atoms with Gasteiger partial charge in [-0.3, -0.25) is 4.79 Å². The molecular formula is C23H21ClN2O3. The molecule has 0 atom stereocenters. The van der Waals surface area contributed by atoms with E-state index in [0.717, 1.165) is 12.8 Å². The van der Waals surface area contributed by atoms with E-state index in [1.807, 2.05) is 24.3 Å². The first kappa shape index (κ1) is 19.3. The largest absolute Gasteiger partial charge is 0.497 e. The van der Waals surface area contributed by atoms with Crippen molar-refractivity contribution in [3.63, 3.8) is 0 Å². The highest BCUT2D eigenvalue weighted by Crippen LogP contribution is 2.28. The lowest BCUT2D eigenvalue weighted by Gasteiger charge is -2.14. The number of rotatable bonds is 5. The number of benzene rings is 2. The second-order valence-electron chi connectivity index (χ2n) is 6.84. The van der Waals surface area contributed by atoms with Gasteiger partial charge in [0.1, 0.15) is 16.5 Å². The molecule has 0 spiro atoms. The van der Waals surface area contributed by atoms with Crippen molar-refractivity contribution in [3.05, 3.63) is 81.7 Å². The summed E-state index contributed by atoms with van der Waals surface area (Å²) in [6, 6.07) is 14.8. The minimum atomic E-state index is -0.419. The predicted molar refractivity (Wildman–Crippen MR) is 114 cm³/mol. The lowest BCUT2D eigenvalue weighted by atomic mass is 9.94. The summed E-state index contributed by atoms with van der Waals surface area (Å²) in [7, 11) is 1.59. The molecule has 4 rings (SSSR count). The third kappa shape index (κ3) is 4.20. The fourth-order valence-electron chi connectivity index (χ4n) is 3.37. The second kappa shape index (κ2) is 8.53. The molecule has 1 heterocycles. The average molecular weight is 409 g/mol. The van der Waals surface area contributed by atoms with Crippen molar-refractivity contribution in [1.29, 1.82) is 0 Å². The number of nitrogens with zero attached hydrogens (tertiary/aromatic N) is 2. The van der Waals surface area contributed by atoms with Crippen LogP contribution < -0.4 is 15.0 Å². The molecule has 0 radical (unpaired) electrons. The fraction of sp³-hybridized carbons (Fsp3) is 0.217. The summed E-state index contributed by atoms with van der Waals surface area (Å²) in [4.78, 5) is 13.0. The molecule has 148 valence electrons. The molecule has 0 bridgehead atoms. The van der Waals surface area contributed by atoms with Crippen molar-refractivity contribution >= 4 is 17.2 Å². The van der Waals surface area contributed by atoms with Crippen molar-refractivity contribution in [2.45, 2.75) is 25.7 Å². The Kier molecular flexibility index (Phi) is 5.67. The summed E-state index contributed by atoms with van der Waals surface area (Å²) < 4.78 is 12.2. The van der Waals surface area contributed by atoms with Crippen molar-refractivity contribution in [2.75, 3.05) is 7.11 Å². The van der Waals surface area contributed by atoms with E-state index in [4.69, 9.17) is 21.1 Å². The summed E-state index contributed by atoms with van der Waals surface area (Å²) in [5, 5.41) is 4.34.